The summed E-state index contributed by atoms with van der Waals surface area (Å²) in [5.41, 5.74) is 1.68. The summed E-state index contributed by atoms with van der Waals surface area (Å²) in [7, 11) is 0. The molecule has 1 aliphatic heterocycles. The summed E-state index contributed by atoms with van der Waals surface area (Å²) in [6.07, 6.45) is 6.25. The van der Waals surface area contributed by atoms with Crippen LogP contribution in [0.15, 0.2) is 67.1 Å². The zero-order chi connectivity index (χ0) is 21.9. The van der Waals surface area contributed by atoms with Crippen molar-refractivity contribution >= 4 is 22.6 Å². The van der Waals surface area contributed by atoms with Crippen molar-refractivity contribution in [2.75, 3.05) is 18.4 Å². The molecule has 1 fully saturated rings. The lowest BCUT2D eigenvalue weighted by molar-refractivity contribution is 0.0787. The topological polar surface area (TPSA) is 83.9 Å². The first-order valence-electron chi connectivity index (χ1n) is 10.5. The van der Waals surface area contributed by atoms with E-state index in [1.54, 1.807) is 41.7 Å². The van der Waals surface area contributed by atoms with Gasteiger partial charge in [0.15, 0.2) is 0 Å². The fraction of sp³-hybridized carbons (Fsp3) is 0.208. The molecule has 4 aromatic rings. The van der Waals surface area contributed by atoms with E-state index in [-0.39, 0.29) is 17.5 Å². The molecule has 0 saturated carbocycles. The molecule has 1 N–H and O–H groups in total. The highest BCUT2D eigenvalue weighted by Crippen LogP contribution is 2.22. The van der Waals surface area contributed by atoms with Crippen molar-refractivity contribution in [2.45, 2.75) is 18.9 Å². The van der Waals surface area contributed by atoms with Crippen LogP contribution in [0.2, 0.25) is 0 Å². The van der Waals surface area contributed by atoms with Crippen LogP contribution in [0.1, 0.15) is 28.0 Å². The smallest absolute Gasteiger partial charge is 0.256 e. The van der Waals surface area contributed by atoms with Crippen LogP contribution in [0, 0.1) is 5.82 Å². The zero-order valence-corrected chi connectivity index (χ0v) is 17.3. The SMILES string of the molecule is O=C(c1cc(Cc2nncc3ccccc23)ccc1F)N1CC[C@H](Nc2ncccn2)C1. The number of hydrogen-bond donors (Lipinski definition) is 1. The molecule has 32 heavy (non-hydrogen) atoms. The minimum Gasteiger partial charge on any atom is -0.350 e. The van der Waals surface area contributed by atoms with Crippen LogP contribution >= 0.6 is 0 Å². The lowest BCUT2D eigenvalue weighted by Crippen LogP contribution is -2.32. The van der Waals surface area contributed by atoms with Crippen LogP contribution in [-0.4, -0.2) is 50.1 Å². The van der Waals surface area contributed by atoms with E-state index in [9.17, 15) is 9.18 Å². The predicted molar refractivity (Wildman–Crippen MR) is 119 cm³/mol. The van der Waals surface area contributed by atoms with Gasteiger partial charge in [0.05, 0.1) is 17.5 Å². The maximum absolute atomic E-state index is 14.6. The molecule has 0 unspecified atom stereocenters. The van der Waals surface area contributed by atoms with Crippen LogP contribution in [0.5, 0.6) is 0 Å². The molecule has 0 aliphatic carbocycles. The summed E-state index contributed by atoms with van der Waals surface area (Å²) in [6.45, 7) is 1.01. The van der Waals surface area contributed by atoms with Gasteiger partial charge in [-0.25, -0.2) is 14.4 Å². The first-order valence-corrected chi connectivity index (χ1v) is 10.5. The Morgan fingerprint density at radius 1 is 1.12 bits per heavy atom. The summed E-state index contributed by atoms with van der Waals surface area (Å²) < 4.78 is 14.6. The molecule has 3 heterocycles. The summed E-state index contributed by atoms with van der Waals surface area (Å²) in [6, 6.07) is 14.3. The monoisotopic (exact) mass is 428 g/mol. The van der Waals surface area contributed by atoms with Crippen molar-refractivity contribution in [3.05, 3.63) is 89.8 Å². The Labute approximate surface area is 184 Å². The molecule has 1 amide bonds. The highest BCUT2D eigenvalue weighted by Gasteiger charge is 2.29. The predicted octanol–water partition coefficient (Wildman–Crippen LogP) is 3.48. The van der Waals surface area contributed by atoms with Gasteiger partial charge in [0.2, 0.25) is 5.95 Å². The van der Waals surface area contributed by atoms with Crippen LogP contribution in [0.25, 0.3) is 10.8 Å². The number of likely N-dealkylation sites (tertiary alicyclic amines) is 1. The number of nitrogens with one attached hydrogen (secondary N) is 1. The summed E-state index contributed by atoms with van der Waals surface area (Å²) in [4.78, 5) is 23.1. The second-order valence-electron chi connectivity index (χ2n) is 7.82. The summed E-state index contributed by atoms with van der Waals surface area (Å²) in [5, 5.41) is 13.6. The third-order valence-electron chi connectivity index (χ3n) is 5.65. The quantitative estimate of drug-likeness (QED) is 0.524. The highest BCUT2D eigenvalue weighted by atomic mass is 19.1. The molecular weight excluding hydrogens is 407 g/mol. The van der Waals surface area contributed by atoms with Crippen molar-refractivity contribution in [1.82, 2.24) is 25.1 Å². The van der Waals surface area contributed by atoms with Gasteiger partial charge >= 0.3 is 0 Å². The van der Waals surface area contributed by atoms with Crippen LogP contribution in [0.4, 0.5) is 10.3 Å². The largest absolute Gasteiger partial charge is 0.350 e. The second-order valence-corrected chi connectivity index (χ2v) is 7.82. The van der Waals surface area contributed by atoms with E-state index in [2.05, 4.69) is 25.5 Å². The van der Waals surface area contributed by atoms with E-state index in [0.717, 1.165) is 28.5 Å². The van der Waals surface area contributed by atoms with Gasteiger partial charge in [0.25, 0.3) is 5.91 Å². The van der Waals surface area contributed by atoms with Crippen LogP contribution < -0.4 is 5.32 Å². The molecule has 1 atom stereocenters. The molecule has 0 bridgehead atoms. The van der Waals surface area contributed by atoms with Gasteiger partial charge in [-0.15, -0.1) is 0 Å². The number of carbonyl (C=O) groups is 1. The minimum atomic E-state index is -0.523. The van der Waals surface area contributed by atoms with Gasteiger partial charge < -0.3 is 10.2 Å². The third-order valence-corrected chi connectivity index (χ3v) is 5.65. The van der Waals surface area contributed by atoms with Crippen molar-refractivity contribution in [3.63, 3.8) is 0 Å². The Morgan fingerprint density at radius 2 is 1.97 bits per heavy atom. The first kappa shape index (κ1) is 20.0. The Morgan fingerprint density at radius 3 is 2.84 bits per heavy atom. The Bertz CT molecular complexity index is 1260. The minimum absolute atomic E-state index is 0.0264. The molecule has 1 aliphatic rings. The van der Waals surface area contributed by atoms with Gasteiger partial charge in [-0.3, -0.25) is 4.79 Å². The van der Waals surface area contributed by atoms with E-state index >= 15 is 0 Å². The van der Waals surface area contributed by atoms with Crippen molar-refractivity contribution < 1.29 is 9.18 Å². The standard InChI is InChI=1S/C24H21FN6O/c25-21-7-6-16(13-22-19-5-2-1-4-17(19)14-28-30-22)12-20(21)23(32)31-11-8-18(15-31)29-24-26-9-3-10-27-24/h1-7,9-10,12,14,18H,8,11,13,15H2,(H,26,27,29)/t18-/m0/s1. The van der Waals surface area contributed by atoms with Crippen LogP contribution in [-0.2, 0) is 6.42 Å². The van der Waals surface area contributed by atoms with Crippen molar-refractivity contribution in [2.24, 2.45) is 0 Å². The number of benzene rings is 2. The Kier molecular flexibility index (Phi) is 5.41. The number of aromatic nitrogens is 4. The lowest BCUT2D eigenvalue weighted by Gasteiger charge is -2.18. The summed E-state index contributed by atoms with van der Waals surface area (Å²) in [5.74, 6) is -0.312. The average molecular weight is 428 g/mol. The number of nitrogens with zero attached hydrogens (tertiary/aromatic N) is 5. The molecule has 2 aromatic carbocycles. The van der Waals surface area contributed by atoms with Crippen molar-refractivity contribution in [3.8, 4) is 0 Å². The maximum atomic E-state index is 14.6. The molecule has 160 valence electrons. The van der Waals surface area contributed by atoms with E-state index in [4.69, 9.17) is 0 Å². The van der Waals surface area contributed by atoms with Crippen molar-refractivity contribution in [1.29, 1.82) is 0 Å². The van der Waals surface area contributed by atoms with E-state index in [0.29, 0.717) is 25.5 Å². The zero-order valence-electron chi connectivity index (χ0n) is 17.3. The van der Waals surface area contributed by atoms with Gasteiger partial charge in [-0.05, 0) is 30.2 Å². The molecule has 7 nitrogen and oxygen atoms in total. The molecular formula is C24H21FN6O. The third kappa shape index (κ3) is 4.12. The van der Waals surface area contributed by atoms with Gasteiger partial charge in [0, 0.05) is 48.7 Å². The highest BCUT2D eigenvalue weighted by molar-refractivity contribution is 5.95. The number of halogens is 1. The van der Waals surface area contributed by atoms with Crippen LogP contribution in [0.3, 0.4) is 0 Å². The fourth-order valence-corrected chi connectivity index (χ4v) is 4.05. The molecule has 8 heteroatoms. The number of fused-ring (bicyclic) bond motifs is 1. The number of amides is 1. The molecule has 0 spiro atoms. The van der Waals surface area contributed by atoms with E-state index in [1.807, 2.05) is 24.3 Å². The normalized spacial score (nSPS) is 15.8. The van der Waals surface area contributed by atoms with Gasteiger partial charge in [0.1, 0.15) is 5.82 Å². The Hall–Kier alpha value is -3.94. The average Bonchev–Trinajstić information content (AvgIpc) is 3.29. The lowest BCUT2D eigenvalue weighted by atomic mass is 10.0. The number of carbonyl (C=O) groups excluding carboxylic acids is 1. The fourth-order valence-electron chi connectivity index (χ4n) is 4.05. The van der Waals surface area contributed by atoms with E-state index < -0.39 is 5.82 Å². The summed E-state index contributed by atoms with van der Waals surface area (Å²) >= 11 is 0. The molecule has 5 rings (SSSR count). The number of anilines is 1. The van der Waals surface area contributed by atoms with Gasteiger partial charge in [-0.1, -0.05) is 30.3 Å². The Balaban J connectivity index is 1.33. The van der Waals surface area contributed by atoms with Gasteiger partial charge in [-0.2, -0.15) is 10.2 Å². The number of hydrogen-bond acceptors (Lipinski definition) is 6. The first-order chi connectivity index (χ1) is 15.7. The molecule has 2 aromatic heterocycles. The molecule has 0 radical (unpaired) electrons. The number of rotatable bonds is 5. The maximum Gasteiger partial charge on any atom is 0.256 e. The second kappa shape index (κ2) is 8.66. The van der Waals surface area contributed by atoms with E-state index in [1.165, 1.54) is 6.07 Å². The molecule has 1 saturated heterocycles.